The minimum absolute atomic E-state index is 0.157. The predicted octanol–water partition coefficient (Wildman–Crippen LogP) is 1.30. The van der Waals surface area contributed by atoms with E-state index in [1.807, 2.05) is 27.5 Å². The van der Waals surface area contributed by atoms with Crippen LogP contribution in [0.2, 0.25) is 0 Å². The lowest BCUT2D eigenvalue weighted by Gasteiger charge is -2.35. The number of hydrogen-bond donors (Lipinski definition) is 0. The zero-order valence-corrected chi connectivity index (χ0v) is 13.9. The van der Waals surface area contributed by atoms with Crippen LogP contribution in [0.15, 0.2) is 23.0 Å². The van der Waals surface area contributed by atoms with Crippen molar-refractivity contribution in [3.63, 3.8) is 0 Å². The van der Waals surface area contributed by atoms with Crippen LogP contribution in [0.5, 0.6) is 0 Å². The Balaban J connectivity index is 1.69. The van der Waals surface area contributed by atoms with Crippen molar-refractivity contribution in [2.45, 2.75) is 20.3 Å². The molecule has 7 nitrogen and oxygen atoms in total. The molecule has 0 spiro atoms. The fourth-order valence-electron chi connectivity index (χ4n) is 2.87. The van der Waals surface area contributed by atoms with Crippen LogP contribution < -0.4 is 4.90 Å². The number of hydrogen-bond acceptors (Lipinski definition) is 5. The van der Waals surface area contributed by atoms with E-state index in [1.54, 1.807) is 12.5 Å². The molecule has 2 aromatic rings. The Morgan fingerprint density at radius 3 is 2.78 bits per heavy atom. The second-order valence-electron chi connectivity index (χ2n) is 6.44. The molecule has 1 amide bonds. The van der Waals surface area contributed by atoms with E-state index in [4.69, 9.17) is 4.42 Å². The molecule has 0 N–H and O–H groups in total. The van der Waals surface area contributed by atoms with E-state index in [-0.39, 0.29) is 5.91 Å². The van der Waals surface area contributed by atoms with Crippen molar-refractivity contribution in [1.82, 2.24) is 19.7 Å². The summed E-state index contributed by atoms with van der Waals surface area (Å²) in [6, 6.07) is 1.92. The van der Waals surface area contributed by atoms with Crippen molar-refractivity contribution in [2.24, 2.45) is 13.0 Å². The third-order valence-corrected chi connectivity index (χ3v) is 4.07. The Morgan fingerprint density at radius 1 is 1.30 bits per heavy atom. The molecule has 124 valence electrons. The molecule has 0 bridgehead atoms. The summed E-state index contributed by atoms with van der Waals surface area (Å²) in [6.45, 7) is 6.97. The molecule has 1 aliphatic heterocycles. The highest BCUT2D eigenvalue weighted by Gasteiger charge is 2.27. The summed E-state index contributed by atoms with van der Waals surface area (Å²) in [7, 11) is 1.94. The van der Waals surface area contributed by atoms with Gasteiger partial charge in [-0.3, -0.25) is 4.79 Å². The molecular weight excluding hydrogens is 294 g/mol. The van der Waals surface area contributed by atoms with E-state index in [2.05, 4.69) is 24.0 Å². The first-order valence-electron chi connectivity index (χ1n) is 7.96. The lowest BCUT2D eigenvalue weighted by molar-refractivity contribution is -0.131. The van der Waals surface area contributed by atoms with Gasteiger partial charge in [0.05, 0.1) is 19.1 Å². The molecule has 0 unspecified atom stereocenters. The molecule has 1 aliphatic rings. The average Bonchev–Trinajstić information content (AvgIpc) is 3.13. The minimum atomic E-state index is 0.157. The SMILES string of the molecule is CC(C)CN1CCN(c2nnc(Cc3ccoc3)n2C)CC1=O. The van der Waals surface area contributed by atoms with E-state index < -0.39 is 0 Å². The molecule has 0 aromatic carbocycles. The molecule has 7 heteroatoms. The number of amides is 1. The van der Waals surface area contributed by atoms with Gasteiger partial charge in [0.2, 0.25) is 11.9 Å². The van der Waals surface area contributed by atoms with Crippen LogP contribution >= 0.6 is 0 Å². The van der Waals surface area contributed by atoms with Crippen LogP contribution in [0, 0.1) is 5.92 Å². The van der Waals surface area contributed by atoms with E-state index in [1.165, 1.54) is 0 Å². The maximum Gasteiger partial charge on any atom is 0.242 e. The first-order chi connectivity index (χ1) is 11.0. The van der Waals surface area contributed by atoms with Gasteiger partial charge in [-0.1, -0.05) is 13.8 Å². The highest BCUT2D eigenvalue weighted by molar-refractivity contribution is 5.82. The summed E-state index contributed by atoms with van der Waals surface area (Å²) < 4.78 is 7.05. The minimum Gasteiger partial charge on any atom is -0.472 e. The topological polar surface area (TPSA) is 67.4 Å². The van der Waals surface area contributed by atoms with Gasteiger partial charge >= 0.3 is 0 Å². The zero-order valence-electron chi connectivity index (χ0n) is 13.9. The van der Waals surface area contributed by atoms with Gasteiger partial charge in [-0.25, -0.2) is 0 Å². The maximum atomic E-state index is 12.3. The number of piperazine rings is 1. The van der Waals surface area contributed by atoms with Crippen molar-refractivity contribution in [1.29, 1.82) is 0 Å². The first-order valence-corrected chi connectivity index (χ1v) is 7.96. The first kappa shape index (κ1) is 15.6. The second-order valence-corrected chi connectivity index (χ2v) is 6.44. The molecule has 3 heterocycles. The zero-order chi connectivity index (χ0) is 16.4. The van der Waals surface area contributed by atoms with Gasteiger partial charge in [-0.2, -0.15) is 0 Å². The number of furan rings is 1. The molecule has 1 saturated heterocycles. The van der Waals surface area contributed by atoms with Gasteiger partial charge in [-0.15, -0.1) is 10.2 Å². The lowest BCUT2D eigenvalue weighted by atomic mass is 10.2. The summed E-state index contributed by atoms with van der Waals surface area (Å²) in [5.74, 6) is 2.26. The molecule has 23 heavy (non-hydrogen) atoms. The Hall–Kier alpha value is -2.31. The fraction of sp³-hybridized carbons (Fsp3) is 0.562. The summed E-state index contributed by atoms with van der Waals surface area (Å²) in [6.07, 6.45) is 4.03. The molecule has 2 aromatic heterocycles. The monoisotopic (exact) mass is 317 g/mol. The maximum absolute atomic E-state index is 12.3. The summed E-state index contributed by atoms with van der Waals surface area (Å²) in [5.41, 5.74) is 1.06. The van der Waals surface area contributed by atoms with Gasteiger partial charge < -0.3 is 18.8 Å². The van der Waals surface area contributed by atoms with Crippen LogP contribution in [-0.2, 0) is 18.3 Å². The Kier molecular flexibility index (Phi) is 4.36. The molecule has 0 saturated carbocycles. The third-order valence-electron chi connectivity index (χ3n) is 4.07. The smallest absolute Gasteiger partial charge is 0.242 e. The molecule has 0 radical (unpaired) electrons. The molecular formula is C16H23N5O2. The highest BCUT2D eigenvalue weighted by atomic mass is 16.3. The number of anilines is 1. The number of carbonyl (C=O) groups is 1. The van der Waals surface area contributed by atoms with Gasteiger partial charge in [0.15, 0.2) is 0 Å². The summed E-state index contributed by atoms with van der Waals surface area (Å²) in [4.78, 5) is 16.2. The lowest BCUT2D eigenvalue weighted by Crippen LogP contribution is -2.52. The Morgan fingerprint density at radius 2 is 2.13 bits per heavy atom. The molecule has 3 rings (SSSR count). The Labute approximate surface area is 135 Å². The summed E-state index contributed by atoms with van der Waals surface area (Å²) in [5, 5.41) is 8.54. The Bertz CT molecular complexity index is 662. The number of rotatable bonds is 5. The number of aromatic nitrogens is 3. The standard InChI is InChI=1S/C16H23N5O2/c1-12(2)9-20-5-6-21(10-15(20)22)16-18-17-14(19(16)3)8-13-4-7-23-11-13/h4,7,11-12H,5-6,8-10H2,1-3H3. The van der Waals surface area contributed by atoms with Crippen LogP contribution in [0.25, 0.3) is 0 Å². The normalized spacial score (nSPS) is 15.7. The van der Waals surface area contributed by atoms with Gasteiger partial charge in [0, 0.05) is 33.1 Å². The van der Waals surface area contributed by atoms with Gasteiger partial charge in [-0.05, 0) is 17.5 Å². The highest BCUT2D eigenvalue weighted by Crippen LogP contribution is 2.17. The molecule has 0 aliphatic carbocycles. The van der Waals surface area contributed by atoms with E-state index in [0.717, 1.165) is 37.0 Å². The molecule has 1 fully saturated rings. The van der Waals surface area contributed by atoms with E-state index >= 15 is 0 Å². The third kappa shape index (κ3) is 3.38. The van der Waals surface area contributed by atoms with Crippen LogP contribution in [0.3, 0.4) is 0 Å². The van der Waals surface area contributed by atoms with Crippen LogP contribution in [0.1, 0.15) is 25.2 Å². The van der Waals surface area contributed by atoms with Gasteiger partial charge in [0.25, 0.3) is 0 Å². The largest absolute Gasteiger partial charge is 0.472 e. The van der Waals surface area contributed by atoms with Crippen LogP contribution in [0.4, 0.5) is 5.95 Å². The van der Waals surface area contributed by atoms with Crippen molar-refractivity contribution in [3.05, 3.63) is 30.0 Å². The van der Waals surface area contributed by atoms with Gasteiger partial charge in [0.1, 0.15) is 5.82 Å². The van der Waals surface area contributed by atoms with E-state index in [0.29, 0.717) is 18.9 Å². The quantitative estimate of drug-likeness (QED) is 0.831. The summed E-state index contributed by atoms with van der Waals surface area (Å²) >= 11 is 0. The second kappa shape index (κ2) is 6.44. The van der Waals surface area contributed by atoms with E-state index in [9.17, 15) is 4.79 Å². The predicted molar refractivity (Wildman–Crippen MR) is 86.1 cm³/mol. The molecule has 0 atom stereocenters. The fourth-order valence-corrected chi connectivity index (χ4v) is 2.87. The average molecular weight is 317 g/mol. The van der Waals surface area contributed by atoms with Crippen molar-refractivity contribution in [3.8, 4) is 0 Å². The number of nitrogens with zero attached hydrogens (tertiary/aromatic N) is 5. The van der Waals surface area contributed by atoms with Crippen molar-refractivity contribution in [2.75, 3.05) is 31.1 Å². The van der Waals surface area contributed by atoms with Crippen molar-refractivity contribution < 1.29 is 9.21 Å². The number of carbonyl (C=O) groups excluding carboxylic acids is 1. The van der Waals surface area contributed by atoms with Crippen LogP contribution in [-0.4, -0.2) is 51.8 Å². The van der Waals surface area contributed by atoms with Crippen molar-refractivity contribution >= 4 is 11.9 Å².